The minimum Gasteiger partial charge on any atom is -0.271 e. The average Bonchev–Trinajstić information content (AvgIpc) is 3.80. The van der Waals surface area contributed by atoms with Crippen molar-refractivity contribution in [3.05, 3.63) is 108 Å². The molecular formula is C36H46NPTi. The molecule has 0 unspecified atom stereocenters. The van der Waals surface area contributed by atoms with Crippen LogP contribution in [-0.2, 0) is 21.7 Å². The van der Waals surface area contributed by atoms with E-state index in [2.05, 4.69) is 66.8 Å². The van der Waals surface area contributed by atoms with E-state index in [0.717, 1.165) is 23.4 Å². The number of allylic oxidation sites excluding steroid dienone is 5. The molecular weight excluding hydrogens is 525 g/mol. The van der Waals surface area contributed by atoms with Crippen molar-refractivity contribution in [2.45, 2.75) is 100 Å². The maximum absolute atomic E-state index is 5.76. The summed E-state index contributed by atoms with van der Waals surface area (Å²) in [6.45, 7) is 0. The summed E-state index contributed by atoms with van der Waals surface area (Å²) >= 11 is 0. The predicted molar refractivity (Wildman–Crippen MR) is 169 cm³/mol. The van der Waals surface area contributed by atoms with E-state index in [1.807, 2.05) is 36.4 Å². The molecule has 0 saturated heterocycles. The number of rotatable bonds is 7. The number of hydrogen-bond acceptors (Lipinski definition) is 1. The van der Waals surface area contributed by atoms with Crippen molar-refractivity contribution in [1.29, 1.82) is 0 Å². The van der Waals surface area contributed by atoms with Gasteiger partial charge in [-0.2, -0.15) is 0 Å². The molecule has 4 aliphatic rings. The summed E-state index contributed by atoms with van der Waals surface area (Å²) in [5, 5.41) is 0. The summed E-state index contributed by atoms with van der Waals surface area (Å²) in [7, 11) is -1.17. The van der Waals surface area contributed by atoms with Crippen molar-refractivity contribution in [2.24, 2.45) is 4.74 Å². The summed E-state index contributed by atoms with van der Waals surface area (Å²) in [4.78, 5) is 0. The summed E-state index contributed by atoms with van der Waals surface area (Å²) < 4.78 is 5.76. The van der Waals surface area contributed by atoms with Gasteiger partial charge < -0.3 is 0 Å². The van der Waals surface area contributed by atoms with Crippen molar-refractivity contribution in [2.75, 3.05) is 0 Å². The smallest absolute Gasteiger partial charge is 0.0425 e. The van der Waals surface area contributed by atoms with E-state index in [1.165, 1.54) is 93.9 Å². The van der Waals surface area contributed by atoms with E-state index >= 15 is 0 Å². The normalized spacial score (nSPS) is 20.4. The van der Waals surface area contributed by atoms with Crippen LogP contribution < -0.4 is 0 Å². The van der Waals surface area contributed by atoms with Gasteiger partial charge in [-0.05, 0) is 79.8 Å². The van der Waals surface area contributed by atoms with Crippen LogP contribution >= 0.6 is 7.05 Å². The number of hydrogen-bond donors (Lipinski definition) is 0. The Labute approximate surface area is 252 Å². The molecule has 0 spiro atoms. The van der Waals surface area contributed by atoms with E-state index < -0.39 is 7.05 Å². The molecule has 0 aliphatic heterocycles. The third-order valence-electron chi connectivity index (χ3n) is 9.07. The second-order valence-electron chi connectivity index (χ2n) is 11.5. The van der Waals surface area contributed by atoms with Crippen molar-refractivity contribution >= 4 is 19.2 Å². The summed E-state index contributed by atoms with van der Waals surface area (Å²) in [6.07, 6.45) is 34.2. The van der Waals surface area contributed by atoms with E-state index in [-0.39, 0.29) is 21.7 Å². The van der Waals surface area contributed by atoms with Crippen LogP contribution in [0.2, 0.25) is 0 Å². The van der Waals surface area contributed by atoms with Gasteiger partial charge in [-0.25, -0.2) is 0 Å². The van der Waals surface area contributed by atoms with Crippen molar-refractivity contribution in [3.8, 4) is 0 Å². The first kappa shape index (κ1) is 30.3. The number of benzene rings is 2. The summed E-state index contributed by atoms with van der Waals surface area (Å²) in [5.41, 5.74) is 6.89. The molecule has 0 bridgehead atoms. The molecule has 3 fully saturated rings. The Morgan fingerprint density at radius 1 is 0.590 bits per heavy atom. The molecule has 39 heavy (non-hydrogen) atoms. The fourth-order valence-corrected chi connectivity index (χ4v) is 13.7. The fourth-order valence-electron chi connectivity index (χ4n) is 7.29. The van der Waals surface area contributed by atoms with Gasteiger partial charge in [0, 0.05) is 33.8 Å². The molecule has 0 N–H and O–H groups in total. The standard InChI is InChI=1S/C20H32NP.C16H14.Ti/c1-2-10-17(9-1)21-22(18-11-3-4-12-18,19-13-5-6-14-19)20-15-7-8-16-20;1-3-9-15(10-4-1)13-7-8-14-16-11-5-2-6-12-16;/h1-2,9,18-20H,3-8,10-16H2;1-14H;. The van der Waals surface area contributed by atoms with E-state index in [0.29, 0.717) is 0 Å². The topological polar surface area (TPSA) is 12.4 Å². The third-order valence-corrected chi connectivity index (χ3v) is 14.7. The Bertz CT molecular complexity index is 1060. The zero-order valence-electron chi connectivity index (χ0n) is 23.6. The predicted octanol–water partition coefficient (Wildman–Crippen LogP) is 11.3. The molecule has 0 aromatic heterocycles. The van der Waals surface area contributed by atoms with Gasteiger partial charge in [0.15, 0.2) is 0 Å². The molecule has 3 heteroatoms. The molecule has 3 saturated carbocycles. The van der Waals surface area contributed by atoms with Gasteiger partial charge >= 0.3 is 0 Å². The van der Waals surface area contributed by atoms with Crippen molar-refractivity contribution < 1.29 is 21.7 Å². The first-order valence-electron chi connectivity index (χ1n) is 15.3. The minimum atomic E-state index is -1.17. The van der Waals surface area contributed by atoms with Crippen LogP contribution in [0.25, 0.3) is 12.2 Å². The maximum atomic E-state index is 5.76. The average molecular weight is 572 g/mol. The molecule has 0 amide bonds. The Morgan fingerprint density at radius 2 is 1.00 bits per heavy atom. The van der Waals surface area contributed by atoms with Gasteiger partial charge in [0.1, 0.15) is 0 Å². The van der Waals surface area contributed by atoms with Crippen LogP contribution in [0.5, 0.6) is 0 Å². The summed E-state index contributed by atoms with van der Waals surface area (Å²) in [6, 6.07) is 20.6. The SMILES string of the molecule is C(C=Cc1ccccc1)=Cc1ccccc1.C1=CCC(N=P(C2CCCC2)(C2CCCC2)C2CCCC2)=C1.[Ti]. The van der Waals surface area contributed by atoms with Crippen LogP contribution in [0.4, 0.5) is 0 Å². The molecule has 0 atom stereocenters. The molecule has 0 radical (unpaired) electrons. The van der Waals surface area contributed by atoms with Crippen LogP contribution in [0.15, 0.2) is 101 Å². The monoisotopic (exact) mass is 571 g/mol. The molecule has 0 heterocycles. The van der Waals surface area contributed by atoms with Gasteiger partial charge in [-0.1, -0.05) is 136 Å². The van der Waals surface area contributed by atoms with Gasteiger partial charge in [0.25, 0.3) is 0 Å². The first-order valence-corrected chi connectivity index (χ1v) is 17.2. The third kappa shape index (κ3) is 8.19. The van der Waals surface area contributed by atoms with E-state index in [4.69, 9.17) is 4.74 Å². The second kappa shape index (κ2) is 16.0. The van der Waals surface area contributed by atoms with Crippen molar-refractivity contribution in [3.63, 3.8) is 0 Å². The molecule has 2 aromatic rings. The zero-order chi connectivity index (χ0) is 25.9. The minimum absolute atomic E-state index is 0. The fraction of sp³-hybridized carbons (Fsp3) is 0.444. The molecule has 204 valence electrons. The molecule has 6 rings (SSSR count). The van der Waals surface area contributed by atoms with Crippen molar-refractivity contribution in [1.82, 2.24) is 0 Å². The Kier molecular flexibility index (Phi) is 12.4. The quantitative estimate of drug-likeness (QED) is 0.178. The molecule has 2 aromatic carbocycles. The Hall–Kier alpha value is -1.66. The second-order valence-corrected chi connectivity index (χ2v) is 15.5. The largest absolute Gasteiger partial charge is 0.271 e. The maximum Gasteiger partial charge on any atom is 0.0425 e. The van der Waals surface area contributed by atoms with Crippen LogP contribution in [0, 0.1) is 0 Å². The Morgan fingerprint density at radius 3 is 1.36 bits per heavy atom. The number of nitrogens with zero attached hydrogens (tertiary/aromatic N) is 1. The Balaban J connectivity index is 0.000000186. The van der Waals surface area contributed by atoms with Gasteiger partial charge in [0.05, 0.1) is 0 Å². The van der Waals surface area contributed by atoms with E-state index in [1.54, 1.807) is 0 Å². The van der Waals surface area contributed by atoms with Crippen LogP contribution in [0.3, 0.4) is 0 Å². The molecule has 4 aliphatic carbocycles. The summed E-state index contributed by atoms with van der Waals surface area (Å²) in [5.74, 6) is 0. The zero-order valence-corrected chi connectivity index (χ0v) is 26.1. The molecule has 1 nitrogen and oxygen atoms in total. The van der Waals surface area contributed by atoms with Gasteiger partial charge in [0.2, 0.25) is 0 Å². The van der Waals surface area contributed by atoms with E-state index in [9.17, 15) is 0 Å². The van der Waals surface area contributed by atoms with Crippen LogP contribution in [-0.4, -0.2) is 17.0 Å². The van der Waals surface area contributed by atoms with Gasteiger partial charge in [-0.3, -0.25) is 4.74 Å². The van der Waals surface area contributed by atoms with Gasteiger partial charge in [-0.15, -0.1) is 0 Å². The first-order chi connectivity index (χ1) is 18.8. The van der Waals surface area contributed by atoms with Crippen LogP contribution in [0.1, 0.15) is 94.6 Å².